The molecule has 1 N–H and O–H groups in total. The third-order valence-corrected chi connectivity index (χ3v) is 3.71. The van der Waals surface area contributed by atoms with Crippen molar-refractivity contribution in [1.82, 2.24) is 5.32 Å². The molecule has 0 aromatic rings. The van der Waals surface area contributed by atoms with Crippen LogP contribution in [0.25, 0.3) is 0 Å². The lowest BCUT2D eigenvalue weighted by Crippen LogP contribution is -2.63. The zero-order valence-electron chi connectivity index (χ0n) is 17.5. The van der Waals surface area contributed by atoms with Crippen LogP contribution in [0, 0.1) is 0 Å². The van der Waals surface area contributed by atoms with Crippen molar-refractivity contribution in [3.8, 4) is 0 Å². The number of amides is 1. The average Bonchev–Trinajstić information content (AvgIpc) is 2.60. The van der Waals surface area contributed by atoms with Gasteiger partial charge in [0, 0.05) is 41.2 Å². The highest BCUT2D eigenvalue weighted by atomic mass is 16.7. The van der Waals surface area contributed by atoms with Crippen molar-refractivity contribution in [1.29, 1.82) is 0 Å². The Kier molecular flexibility index (Phi) is 10.2. The van der Waals surface area contributed by atoms with Gasteiger partial charge in [-0.2, -0.15) is 0 Å². The molecule has 12 nitrogen and oxygen atoms in total. The van der Waals surface area contributed by atoms with E-state index in [2.05, 4.69) is 5.32 Å². The molecule has 0 radical (unpaired) electrons. The SMILES string of the molecule is CC(=O)NCCO[C@H]1OC(COC(C)=O)[C@H](OC(C)=O)[C@@H](OC(C)=O)C1OC(C)=O. The van der Waals surface area contributed by atoms with Gasteiger partial charge in [-0.3, -0.25) is 24.0 Å². The predicted octanol–water partition coefficient (Wildman–Crippen LogP) is -0.778. The fourth-order valence-electron chi connectivity index (χ4n) is 2.73. The van der Waals surface area contributed by atoms with Crippen molar-refractivity contribution >= 4 is 29.8 Å². The van der Waals surface area contributed by atoms with Gasteiger partial charge in [0.1, 0.15) is 12.7 Å². The Labute approximate surface area is 173 Å². The maximum Gasteiger partial charge on any atom is 0.303 e. The molecule has 1 aliphatic heterocycles. The van der Waals surface area contributed by atoms with E-state index in [1.54, 1.807) is 0 Å². The van der Waals surface area contributed by atoms with Gasteiger partial charge in [0.05, 0.1) is 6.61 Å². The van der Waals surface area contributed by atoms with E-state index < -0.39 is 54.6 Å². The molecule has 1 saturated heterocycles. The summed E-state index contributed by atoms with van der Waals surface area (Å²) in [6.07, 6.45) is -6.18. The Hall–Kier alpha value is -2.73. The van der Waals surface area contributed by atoms with Crippen molar-refractivity contribution in [3.63, 3.8) is 0 Å². The summed E-state index contributed by atoms with van der Waals surface area (Å²) in [5.74, 6) is -3.08. The molecular formula is C18H27NO11. The minimum Gasteiger partial charge on any atom is -0.463 e. The zero-order chi connectivity index (χ0) is 22.8. The Bertz CT molecular complexity index is 650. The number of hydrogen-bond donors (Lipinski definition) is 1. The van der Waals surface area contributed by atoms with Gasteiger partial charge in [-0.15, -0.1) is 0 Å². The summed E-state index contributed by atoms with van der Waals surface area (Å²) in [5.41, 5.74) is 0. The number of esters is 4. The monoisotopic (exact) mass is 433 g/mol. The van der Waals surface area contributed by atoms with E-state index in [4.69, 9.17) is 28.4 Å². The number of carbonyl (C=O) groups is 5. The summed E-state index contributed by atoms with van der Waals surface area (Å²) in [6, 6.07) is 0. The van der Waals surface area contributed by atoms with E-state index >= 15 is 0 Å². The van der Waals surface area contributed by atoms with Crippen LogP contribution in [-0.4, -0.2) is 80.2 Å². The van der Waals surface area contributed by atoms with Crippen LogP contribution in [-0.2, 0) is 52.4 Å². The minimum atomic E-state index is -1.30. The third-order valence-electron chi connectivity index (χ3n) is 3.71. The highest BCUT2D eigenvalue weighted by Crippen LogP contribution is 2.29. The van der Waals surface area contributed by atoms with Crippen LogP contribution in [0.5, 0.6) is 0 Å². The van der Waals surface area contributed by atoms with E-state index in [9.17, 15) is 24.0 Å². The molecule has 5 atom stereocenters. The molecule has 0 aliphatic carbocycles. The summed E-state index contributed by atoms with van der Waals surface area (Å²) in [6.45, 7) is 5.64. The second-order valence-corrected chi connectivity index (χ2v) is 6.42. The molecule has 1 rings (SSSR count). The van der Waals surface area contributed by atoms with E-state index in [-0.39, 0.29) is 25.7 Å². The Morgan fingerprint density at radius 1 is 0.767 bits per heavy atom. The van der Waals surface area contributed by atoms with Crippen molar-refractivity contribution < 1.29 is 52.4 Å². The van der Waals surface area contributed by atoms with Crippen molar-refractivity contribution in [2.45, 2.75) is 65.3 Å². The number of nitrogens with one attached hydrogen (secondary N) is 1. The first-order chi connectivity index (χ1) is 14.0. The van der Waals surface area contributed by atoms with E-state index in [0.717, 1.165) is 20.8 Å². The van der Waals surface area contributed by atoms with Crippen LogP contribution in [0.1, 0.15) is 34.6 Å². The molecule has 1 amide bonds. The van der Waals surface area contributed by atoms with E-state index in [1.165, 1.54) is 13.8 Å². The van der Waals surface area contributed by atoms with E-state index in [0.29, 0.717) is 0 Å². The summed E-state index contributed by atoms with van der Waals surface area (Å²) >= 11 is 0. The predicted molar refractivity (Wildman–Crippen MR) is 96.6 cm³/mol. The lowest BCUT2D eigenvalue weighted by Gasteiger charge is -2.44. The van der Waals surface area contributed by atoms with Gasteiger partial charge >= 0.3 is 23.9 Å². The maximum atomic E-state index is 11.7. The first kappa shape index (κ1) is 25.3. The molecule has 30 heavy (non-hydrogen) atoms. The summed E-state index contributed by atoms with van der Waals surface area (Å²) in [7, 11) is 0. The fourth-order valence-corrected chi connectivity index (χ4v) is 2.73. The molecule has 1 aliphatic rings. The first-order valence-electron chi connectivity index (χ1n) is 9.17. The molecule has 12 heteroatoms. The first-order valence-corrected chi connectivity index (χ1v) is 9.17. The quantitative estimate of drug-likeness (QED) is 0.277. The van der Waals surface area contributed by atoms with Crippen LogP contribution >= 0.6 is 0 Å². The molecule has 2 unspecified atom stereocenters. The van der Waals surface area contributed by atoms with Gasteiger partial charge in [-0.1, -0.05) is 0 Å². The highest BCUT2D eigenvalue weighted by Gasteiger charge is 2.52. The molecule has 0 bridgehead atoms. The van der Waals surface area contributed by atoms with Gasteiger partial charge in [-0.05, 0) is 0 Å². The number of carbonyl (C=O) groups excluding carboxylic acids is 5. The van der Waals surface area contributed by atoms with Crippen LogP contribution in [0.4, 0.5) is 0 Å². The van der Waals surface area contributed by atoms with Gasteiger partial charge in [0.2, 0.25) is 5.91 Å². The molecule has 0 saturated carbocycles. The summed E-state index contributed by atoms with van der Waals surface area (Å²) < 4.78 is 32.0. The zero-order valence-corrected chi connectivity index (χ0v) is 17.5. The van der Waals surface area contributed by atoms with Gasteiger partial charge in [-0.25, -0.2) is 0 Å². The van der Waals surface area contributed by atoms with Crippen molar-refractivity contribution in [2.75, 3.05) is 19.8 Å². The average molecular weight is 433 g/mol. The summed E-state index contributed by atoms with van der Waals surface area (Å²) in [5, 5.41) is 2.52. The Morgan fingerprint density at radius 2 is 1.30 bits per heavy atom. The largest absolute Gasteiger partial charge is 0.463 e. The lowest BCUT2D eigenvalue weighted by molar-refractivity contribution is -0.307. The van der Waals surface area contributed by atoms with Gasteiger partial charge < -0.3 is 33.7 Å². The standard InChI is InChI=1S/C18H27NO11/c1-9(20)19-6-7-25-18-17(29-13(5)24)16(28-12(4)23)15(27-11(3)22)14(30-18)8-26-10(2)21/h14-18H,6-8H2,1-5H3,(H,19,20)/t14?,15-,16+,17?,18-/m0/s1. The number of rotatable bonds is 9. The third kappa shape index (κ3) is 8.74. The molecule has 1 fully saturated rings. The van der Waals surface area contributed by atoms with Gasteiger partial charge in [0.25, 0.3) is 0 Å². The van der Waals surface area contributed by atoms with E-state index in [1.807, 2.05) is 0 Å². The van der Waals surface area contributed by atoms with Crippen molar-refractivity contribution in [3.05, 3.63) is 0 Å². The van der Waals surface area contributed by atoms with Crippen molar-refractivity contribution in [2.24, 2.45) is 0 Å². The van der Waals surface area contributed by atoms with Gasteiger partial charge in [0.15, 0.2) is 24.6 Å². The van der Waals surface area contributed by atoms with Crippen LogP contribution < -0.4 is 5.32 Å². The lowest BCUT2D eigenvalue weighted by atomic mass is 9.98. The maximum absolute atomic E-state index is 11.7. The topological polar surface area (TPSA) is 153 Å². The van der Waals surface area contributed by atoms with Crippen LogP contribution in [0.15, 0.2) is 0 Å². The fraction of sp³-hybridized carbons (Fsp3) is 0.722. The molecule has 1 heterocycles. The molecule has 170 valence electrons. The number of hydrogen-bond acceptors (Lipinski definition) is 11. The molecule has 0 aromatic heterocycles. The Balaban J connectivity index is 3.17. The summed E-state index contributed by atoms with van der Waals surface area (Å²) in [4.78, 5) is 57.1. The molecule has 0 aromatic carbocycles. The normalized spacial score (nSPS) is 25.6. The second-order valence-electron chi connectivity index (χ2n) is 6.42. The molecule has 0 spiro atoms. The molecular weight excluding hydrogens is 406 g/mol. The Morgan fingerprint density at radius 3 is 1.80 bits per heavy atom. The minimum absolute atomic E-state index is 0.0344. The van der Waals surface area contributed by atoms with Crippen LogP contribution in [0.3, 0.4) is 0 Å². The number of ether oxygens (including phenoxy) is 6. The highest BCUT2D eigenvalue weighted by molar-refractivity contribution is 5.72. The van der Waals surface area contributed by atoms with Crippen LogP contribution in [0.2, 0.25) is 0 Å². The smallest absolute Gasteiger partial charge is 0.303 e. The second kappa shape index (κ2) is 12.1.